The molecule has 0 saturated heterocycles. The summed E-state index contributed by atoms with van der Waals surface area (Å²) in [5.41, 5.74) is 2.84. The Labute approximate surface area is 199 Å². The molecule has 0 unspecified atom stereocenters. The highest BCUT2D eigenvalue weighted by Gasteiger charge is 2.38. The first kappa shape index (κ1) is 23.8. The van der Waals surface area contributed by atoms with Crippen molar-refractivity contribution in [3.63, 3.8) is 0 Å². The number of anilines is 2. The first-order chi connectivity index (χ1) is 16.6. The average molecular weight is 480 g/mol. The van der Waals surface area contributed by atoms with E-state index in [0.717, 1.165) is 17.7 Å². The van der Waals surface area contributed by atoms with Crippen molar-refractivity contribution in [1.29, 1.82) is 0 Å². The van der Waals surface area contributed by atoms with Crippen LogP contribution in [0, 0.1) is 17.6 Å². The Hall–Kier alpha value is -4.34. The molecule has 2 aromatic carbocycles. The highest BCUT2D eigenvalue weighted by Crippen LogP contribution is 2.31. The quantitative estimate of drug-likeness (QED) is 0.472. The number of aliphatic carboxylic acids is 1. The number of nitrogens with zero attached hydrogens (tertiary/aromatic N) is 2. The van der Waals surface area contributed by atoms with Gasteiger partial charge in [0.15, 0.2) is 11.6 Å². The molecule has 0 fully saturated rings. The molecular formula is C25H22F2N4O4. The van der Waals surface area contributed by atoms with E-state index in [0.29, 0.717) is 22.5 Å². The fourth-order valence-corrected chi connectivity index (χ4v) is 3.99. The molecule has 8 nitrogen and oxygen atoms in total. The van der Waals surface area contributed by atoms with Crippen LogP contribution in [0.15, 0.2) is 54.7 Å². The molecule has 3 N–H and O–H groups in total. The molecule has 1 aromatic heterocycles. The molecule has 0 spiro atoms. The van der Waals surface area contributed by atoms with E-state index in [1.54, 1.807) is 44.2 Å². The minimum Gasteiger partial charge on any atom is -0.480 e. The lowest BCUT2D eigenvalue weighted by molar-refractivity contribution is -0.144. The maximum atomic E-state index is 13.3. The summed E-state index contributed by atoms with van der Waals surface area (Å²) in [5, 5.41) is 14.5. The minimum atomic E-state index is -1.08. The molecule has 180 valence electrons. The molecule has 3 amide bonds. The first-order valence-corrected chi connectivity index (χ1v) is 10.8. The van der Waals surface area contributed by atoms with Crippen LogP contribution in [0.25, 0.3) is 11.3 Å². The van der Waals surface area contributed by atoms with Crippen molar-refractivity contribution in [2.75, 3.05) is 10.6 Å². The van der Waals surface area contributed by atoms with E-state index in [2.05, 4.69) is 15.6 Å². The Morgan fingerprint density at radius 1 is 1.00 bits per heavy atom. The fraction of sp³-hybridized carbons (Fsp3) is 0.200. The molecule has 1 atom stereocenters. The van der Waals surface area contributed by atoms with Crippen molar-refractivity contribution in [1.82, 2.24) is 9.88 Å². The second kappa shape index (κ2) is 9.49. The third-order valence-electron chi connectivity index (χ3n) is 5.66. The number of aromatic nitrogens is 1. The number of pyridine rings is 1. The van der Waals surface area contributed by atoms with E-state index in [4.69, 9.17) is 0 Å². The molecule has 10 heteroatoms. The van der Waals surface area contributed by atoms with E-state index < -0.39 is 29.7 Å². The van der Waals surface area contributed by atoms with Crippen LogP contribution in [0.1, 0.15) is 29.8 Å². The number of rotatable bonds is 6. The summed E-state index contributed by atoms with van der Waals surface area (Å²) in [4.78, 5) is 42.4. The van der Waals surface area contributed by atoms with Crippen LogP contribution in [-0.2, 0) is 11.3 Å². The standard InChI is InChI=1S/C25H22F2N4O4/c1-13(2)22(24(33)34)31-12-15-4-3-14(9-18(15)23(31)32)21-8-6-17(11-28-21)30-25(35)29-16-5-7-19(26)20(27)10-16/h3-11,13,22H,12H2,1-2H3,(H,33,34)(H2,29,30,35)/t22-/m0/s1. The summed E-state index contributed by atoms with van der Waals surface area (Å²) >= 11 is 0. The monoisotopic (exact) mass is 480 g/mol. The summed E-state index contributed by atoms with van der Waals surface area (Å²) in [6, 6.07) is 9.95. The van der Waals surface area contributed by atoms with Crippen LogP contribution >= 0.6 is 0 Å². The van der Waals surface area contributed by atoms with Gasteiger partial charge in [-0.25, -0.2) is 18.4 Å². The van der Waals surface area contributed by atoms with E-state index in [1.165, 1.54) is 17.2 Å². The average Bonchev–Trinajstić information content (AvgIpc) is 3.11. The van der Waals surface area contributed by atoms with Gasteiger partial charge in [-0.1, -0.05) is 26.0 Å². The van der Waals surface area contributed by atoms with Gasteiger partial charge in [0.2, 0.25) is 0 Å². The van der Waals surface area contributed by atoms with Gasteiger partial charge in [0.1, 0.15) is 6.04 Å². The SMILES string of the molecule is CC(C)[C@@H](C(=O)O)N1Cc2ccc(-c3ccc(NC(=O)Nc4ccc(F)c(F)c4)cn3)cc2C1=O. The third-order valence-corrected chi connectivity index (χ3v) is 5.66. The number of hydrogen-bond donors (Lipinski definition) is 3. The zero-order chi connectivity index (χ0) is 25.3. The van der Waals surface area contributed by atoms with E-state index in [1.807, 2.05) is 0 Å². The van der Waals surface area contributed by atoms with E-state index in [-0.39, 0.29) is 24.1 Å². The molecular weight excluding hydrogens is 458 g/mol. The molecule has 1 aliphatic heterocycles. The van der Waals surface area contributed by atoms with Crippen LogP contribution in [-0.4, -0.2) is 38.9 Å². The van der Waals surface area contributed by atoms with Gasteiger partial charge in [0.05, 0.1) is 17.6 Å². The number of carboxylic acid groups (broad SMARTS) is 1. The second-order valence-electron chi connectivity index (χ2n) is 8.47. The number of carbonyl (C=O) groups is 3. The molecule has 1 aliphatic rings. The maximum absolute atomic E-state index is 13.3. The largest absolute Gasteiger partial charge is 0.480 e. The number of amides is 3. The highest BCUT2D eigenvalue weighted by molar-refractivity contribution is 6.02. The fourth-order valence-electron chi connectivity index (χ4n) is 3.99. The zero-order valence-corrected chi connectivity index (χ0v) is 18.9. The Bertz CT molecular complexity index is 1310. The van der Waals surface area contributed by atoms with Crippen molar-refractivity contribution in [3.8, 4) is 11.3 Å². The third kappa shape index (κ3) is 4.96. The number of carboxylic acids is 1. The van der Waals surface area contributed by atoms with Gasteiger partial charge in [0.25, 0.3) is 5.91 Å². The number of fused-ring (bicyclic) bond motifs is 1. The lowest BCUT2D eigenvalue weighted by Crippen LogP contribution is -2.44. The van der Waals surface area contributed by atoms with Crippen molar-refractivity contribution in [2.24, 2.45) is 5.92 Å². The molecule has 0 bridgehead atoms. The Balaban J connectivity index is 1.46. The van der Waals surface area contributed by atoms with Gasteiger partial charge in [-0.3, -0.25) is 9.78 Å². The minimum absolute atomic E-state index is 0.0884. The normalized spacial score (nSPS) is 13.5. The lowest BCUT2D eigenvalue weighted by atomic mass is 10.0. The number of nitrogens with one attached hydrogen (secondary N) is 2. The van der Waals surface area contributed by atoms with Crippen molar-refractivity contribution in [3.05, 3.63) is 77.5 Å². The number of hydrogen-bond acceptors (Lipinski definition) is 4. The van der Waals surface area contributed by atoms with Gasteiger partial charge in [-0.15, -0.1) is 0 Å². The lowest BCUT2D eigenvalue weighted by Gasteiger charge is -2.27. The molecule has 0 radical (unpaired) electrons. The van der Waals surface area contributed by atoms with Crippen molar-refractivity contribution >= 4 is 29.3 Å². The molecule has 3 aromatic rings. The topological polar surface area (TPSA) is 112 Å². The van der Waals surface area contributed by atoms with Gasteiger partial charge < -0.3 is 20.6 Å². The molecule has 4 rings (SSSR count). The Kier molecular flexibility index (Phi) is 6.46. The van der Waals surface area contributed by atoms with Crippen LogP contribution in [0.3, 0.4) is 0 Å². The number of carbonyl (C=O) groups excluding carboxylic acids is 2. The Morgan fingerprint density at radius 3 is 2.34 bits per heavy atom. The van der Waals surface area contributed by atoms with E-state index in [9.17, 15) is 28.3 Å². The summed E-state index contributed by atoms with van der Waals surface area (Å²) < 4.78 is 26.3. The predicted molar refractivity (Wildman–Crippen MR) is 125 cm³/mol. The summed E-state index contributed by atoms with van der Waals surface area (Å²) in [6.07, 6.45) is 1.42. The summed E-state index contributed by atoms with van der Waals surface area (Å²) in [7, 11) is 0. The smallest absolute Gasteiger partial charge is 0.326 e. The first-order valence-electron chi connectivity index (χ1n) is 10.8. The molecule has 0 saturated carbocycles. The van der Waals surface area contributed by atoms with Gasteiger partial charge >= 0.3 is 12.0 Å². The van der Waals surface area contributed by atoms with Crippen molar-refractivity contribution in [2.45, 2.75) is 26.4 Å². The van der Waals surface area contributed by atoms with Gasteiger partial charge in [-0.05, 0) is 41.8 Å². The van der Waals surface area contributed by atoms with Crippen LogP contribution in [0.4, 0.5) is 25.0 Å². The zero-order valence-electron chi connectivity index (χ0n) is 18.9. The predicted octanol–water partition coefficient (Wildman–Crippen LogP) is 4.74. The van der Waals surface area contributed by atoms with Crippen LogP contribution in [0.2, 0.25) is 0 Å². The highest BCUT2D eigenvalue weighted by atomic mass is 19.2. The van der Waals surface area contributed by atoms with Crippen LogP contribution < -0.4 is 10.6 Å². The van der Waals surface area contributed by atoms with Gasteiger partial charge in [0, 0.05) is 29.4 Å². The molecule has 2 heterocycles. The Morgan fingerprint density at radius 2 is 1.71 bits per heavy atom. The summed E-state index contributed by atoms with van der Waals surface area (Å²) in [6.45, 7) is 3.75. The number of urea groups is 1. The maximum Gasteiger partial charge on any atom is 0.326 e. The molecule has 35 heavy (non-hydrogen) atoms. The second-order valence-corrected chi connectivity index (χ2v) is 8.47. The van der Waals surface area contributed by atoms with Gasteiger partial charge in [-0.2, -0.15) is 0 Å². The number of halogens is 2. The van der Waals surface area contributed by atoms with Crippen LogP contribution in [0.5, 0.6) is 0 Å². The number of benzene rings is 2. The van der Waals surface area contributed by atoms with Crippen molar-refractivity contribution < 1.29 is 28.3 Å². The summed E-state index contributed by atoms with van der Waals surface area (Å²) in [5.74, 6) is -3.72. The molecule has 0 aliphatic carbocycles. The van der Waals surface area contributed by atoms with E-state index >= 15 is 0 Å².